The van der Waals surface area contributed by atoms with E-state index in [0.717, 1.165) is 5.56 Å². The first-order chi connectivity index (χ1) is 12.9. The van der Waals surface area contributed by atoms with Crippen molar-refractivity contribution >= 4 is 17.8 Å². The fraction of sp³-hybridized carbons (Fsp3) is 0.286. The highest BCUT2D eigenvalue weighted by Crippen LogP contribution is 2.33. The summed E-state index contributed by atoms with van der Waals surface area (Å²) in [5.41, 5.74) is 1.73. The number of carbonyl (C=O) groups is 3. The van der Waals surface area contributed by atoms with Crippen LogP contribution in [-0.2, 0) is 4.79 Å². The van der Waals surface area contributed by atoms with Crippen molar-refractivity contribution in [1.82, 2.24) is 9.80 Å². The second kappa shape index (κ2) is 7.61. The predicted octanol–water partition coefficient (Wildman–Crippen LogP) is 2.33. The molecular weight excluding hydrogens is 344 g/mol. The number of benzene rings is 2. The number of hydrogen-bond donors (Lipinski definition) is 1. The van der Waals surface area contributed by atoms with Crippen molar-refractivity contribution in [3.05, 3.63) is 71.3 Å². The minimum atomic E-state index is -0.907. The van der Waals surface area contributed by atoms with Crippen molar-refractivity contribution in [1.29, 1.82) is 0 Å². The van der Waals surface area contributed by atoms with E-state index in [0.29, 0.717) is 17.7 Å². The van der Waals surface area contributed by atoms with E-state index in [1.807, 2.05) is 30.3 Å². The third-order valence-corrected chi connectivity index (χ3v) is 4.91. The molecular formula is C21H22N2O4. The lowest BCUT2D eigenvalue weighted by Gasteiger charge is -2.17. The first kappa shape index (κ1) is 18.6. The molecule has 2 atom stereocenters. The minimum Gasteiger partial charge on any atom is -0.481 e. The van der Waals surface area contributed by atoms with Crippen LogP contribution in [0, 0.1) is 5.92 Å². The van der Waals surface area contributed by atoms with Gasteiger partial charge in [-0.1, -0.05) is 36.4 Å². The maximum atomic E-state index is 12.9. The van der Waals surface area contributed by atoms with Crippen LogP contribution in [0.1, 0.15) is 32.2 Å². The summed E-state index contributed by atoms with van der Waals surface area (Å²) in [6.07, 6.45) is 0. The number of nitrogens with zero attached hydrogens (tertiary/aromatic N) is 2. The van der Waals surface area contributed by atoms with Crippen molar-refractivity contribution < 1.29 is 19.5 Å². The molecule has 1 N–H and O–H groups in total. The summed E-state index contributed by atoms with van der Waals surface area (Å²) in [4.78, 5) is 39.8. The summed E-state index contributed by atoms with van der Waals surface area (Å²) in [5, 5.41) is 9.60. The maximum Gasteiger partial charge on any atom is 0.308 e. The van der Waals surface area contributed by atoms with Crippen LogP contribution < -0.4 is 0 Å². The van der Waals surface area contributed by atoms with Crippen molar-refractivity contribution in [3.63, 3.8) is 0 Å². The van der Waals surface area contributed by atoms with Crippen LogP contribution in [0.2, 0.25) is 0 Å². The van der Waals surface area contributed by atoms with Crippen LogP contribution in [0.3, 0.4) is 0 Å². The SMILES string of the molecule is CN(C)C(=O)c1cccc(C(=O)N2CC(C(=O)O)C(c3ccccc3)C2)c1. The third-order valence-electron chi connectivity index (χ3n) is 4.91. The highest BCUT2D eigenvalue weighted by atomic mass is 16.4. The van der Waals surface area contributed by atoms with Crippen molar-refractivity contribution in [3.8, 4) is 0 Å². The van der Waals surface area contributed by atoms with Gasteiger partial charge in [0.1, 0.15) is 0 Å². The molecule has 27 heavy (non-hydrogen) atoms. The molecule has 1 saturated heterocycles. The summed E-state index contributed by atoms with van der Waals surface area (Å²) < 4.78 is 0. The van der Waals surface area contributed by atoms with Gasteiger partial charge in [0.2, 0.25) is 0 Å². The number of carbonyl (C=O) groups excluding carboxylic acids is 2. The molecule has 140 valence electrons. The van der Waals surface area contributed by atoms with Crippen molar-refractivity contribution in [2.45, 2.75) is 5.92 Å². The molecule has 0 spiro atoms. The number of carboxylic acid groups (broad SMARTS) is 1. The topological polar surface area (TPSA) is 77.9 Å². The van der Waals surface area contributed by atoms with E-state index in [1.54, 1.807) is 43.3 Å². The Morgan fingerprint density at radius 3 is 2.26 bits per heavy atom. The van der Waals surface area contributed by atoms with Crippen molar-refractivity contribution in [2.24, 2.45) is 5.92 Å². The van der Waals surface area contributed by atoms with Crippen LogP contribution in [-0.4, -0.2) is 59.9 Å². The van der Waals surface area contributed by atoms with Crippen LogP contribution >= 0.6 is 0 Å². The van der Waals surface area contributed by atoms with Gasteiger partial charge in [-0.2, -0.15) is 0 Å². The molecule has 2 aromatic rings. The molecule has 0 radical (unpaired) electrons. The Morgan fingerprint density at radius 1 is 0.963 bits per heavy atom. The van der Waals surface area contributed by atoms with Gasteiger partial charge in [0.05, 0.1) is 5.92 Å². The third kappa shape index (κ3) is 3.84. The Labute approximate surface area is 158 Å². The fourth-order valence-corrected chi connectivity index (χ4v) is 3.48. The number of rotatable bonds is 4. The molecule has 2 aromatic carbocycles. The zero-order valence-electron chi connectivity index (χ0n) is 15.3. The van der Waals surface area contributed by atoms with Gasteiger partial charge in [-0.25, -0.2) is 0 Å². The normalized spacial score (nSPS) is 19.0. The highest BCUT2D eigenvalue weighted by molar-refractivity contribution is 5.99. The molecule has 2 amide bonds. The Hall–Kier alpha value is -3.15. The number of amides is 2. The number of likely N-dealkylation sites (tertiary alicyclic amines) is 1. The second-order valence-electron chi connectivity index (χ2n) is 6.95. The van der Waals surface area contributed by atoms with Gasteiger partial charge in [0.15, 0.2) is 0 Å². The molecule has 0 saturated carbocycles. The van der Waals surface area contributed by atoms with E-state index in [2.05, 4.69) is 0 Å². The Morgan fingerprint density at radius 2 is 1.63 bits per heavy atom. The highest BCUT2D eigenvalue weighted by Gasteiger charge is 2.40. The monoisotopic (exact) mass is 366 g/mol. The standard InChI is InChI=1S/C21H22N2O4/c1-22(2)19(24)15-9-6-10-16(11-15)20(25)23-12-17(18(13-23)21(26)27)14-7-4-3-5-8-14/h3-11,17-18H,12-13H2,1-2H3,(H,26,27). The van der Waals surface area contributed by atoms with E-state index in [1.165, 1.54) is 4.90 Å². The number of hydrogen-bond acceptors (Lipinski definition) is 3. The number of aliphatic carboxylic acids is 1. The quantitative estimate of drug-likeness (QED) is 0.901. The maximum absolute atomic E-state index is 12.9. The van der Waals surface area contributed by atoms with Crippen LogP contribution in [0.25, 0.3) is 0 Å². The van der Waals surface area contributed by atoms with E-state index in [4.69, 9.17) is 0 Å². The smallest absolute Gasteiger partial charge is 0.308 e. The Bertz CT molecular complexity index is 863. The summed E-state index contributed by atoms with van der Waals surface area (Å²) >= 11 is 0. The zero-order chi connectivity index (χ0) is 19.6. The lowest BCUT2D eigenvalue weighted by atomic mass is 9.89. The summed E-state index contributed by atoms with van der Waals surface area (Å²) in [5.74, 6) is -2.25. The van der Waals surface area contributed by atoms with Crippen molar-refractivity contribution in [2.75, 3.05) is 27.2 Å². The van der Waals surface area contributed by atoms with Gasteiger partial charge in [0.25, 0.3) is 11.8 Å². The lowest BCUT2D eigenvalue weighted by molar-refractivity contribution is -0.141. The Kier molecular flexibility index (Phi) is 5.26. The molecule has 0 bridgehead atoms. The van der Waals surface area contributed by atoms with Gasteiger partial charge in [0, 0.05) is 44.2 Å². The molecule has 3 rings (SSSR count). The van der Waals surface area contributed by atoms with E-state index in [-0.39, 0.29) is 24.3 Å². The van der Waals surface area contributed by atoms with E-state index in [9.17, 15) is 19.5 Å². The lowest BCUT2D eigenvalue weighted by Crippen LogP contribution is -2.30. The molecule has 1 fully saturated rings. The van der Waals surface area contributed by atoms with Gasteiger partial charge in [-0.3, -0.25) is 14.4 Å². The van der Waals surface area contributed by atoms with Gasteiger partial charge >= 0.3 is 5.97 Å². The molecule has 0 aliphatic carbocycles. The summed E-state index contributed by atoms with van der Waals surface area (Å²) in [6, 6.07) is 16.0. The molecule has 6 heteroatoms. The molecule has 1 heterocycles. The summed E-state index contributed by atoms with van der Waals surface area (Å²) in [6.45, 7) is 0.491. The predicted molar refractivity (Wildman–Crippen MR) is 101 cm³/mol. The average Bonchev–Trinajstić information content (AvgIpc) is 3.13. The average molecular weight is 366 g/mol. The molecule has 1 aliphatic rings. The minimum absolute atomic E-state index is 0.152. The van der Waals surface area contributed by atoms with Crippen LogP contribution in [0.4, 0.5) is 0 Å². The largest absolute Gasteiger partial charge is 0.481 e. The molecule has 6 nitrogen and oxygen atoms in total. The first-order valence-electron chi connectivity index (χ1n) is 8.77. The molecule has 2 unspecified atom stereocenters. The second-order valence-corrected chi connectivity index (χ2v) is 6.95. The zero-order valence-corrected chi connectivity index (χ0v) is 15.3. The van der Waals surface area contributed by atoms with Crippen LogP contribution in [0.15, 0.2) is 54.6 Å². The fourth-order valence-electron chi connectivity index (χ4n) is 3.48. The first-order valence-corrected chi connectivity index (χ1v) is 8.77. The van der Waals surface area contributed by atoms with E-state index >= 15 is 0 Å². The molecule has 1 aliphatic heterocycles. The van der Waals surface area contributed by atoms with Crippen LogP contribution in [0.5, 0.6) is 0 Å². The van der Waals surface area contributed by atoms with Gasteiger partial charge in [-0.15, -0.1) is 0 Å². The summed E-state index contributed by atoms with van der Waals surface area (Å²) in [7, 11) is 3.30. The molecule has 0 aromatic heterocycles. The Balaban J connectivity index is 1.85. The van der Waals surface area contributed by atoms with Gasteiger partial charge in [-0.05, 0) is 23.8 Å². The number of carboxylic acids is 1. The van der Waals surface area contributed by atoms with Gasteiger partial charge < -0.3 is 14.9 Å². The van der Waals surface area contributed by atoms with E-state index < -0.39 is 11.9 Å².